The van der Waals surface area contributed by atoms with E-state index >= 15 is 0 Å². The molecule has 0 radical (unpaired) electrons. The highest BCUT2D eigenvalue weighted by molar-refractivity contribution is 9.11. The van der Waals surface area contributed by atoms with Gasteiger partial charge in [-0.2, -0.15) is 0 Å². The summed E-state index contributed by atoms with van der Waals surface area (Å²) in [6.45, 7) is 0. The molecule has 0 aliphatic heterocycles. The Kier molecular flexibility index (Phi) is 4.28. The monoisotopic (exact) mass is 372 g/mol. The van der Waals surface area contributed by atoms with E-state index < -0.39 is 14.9 Å². The van der Waals surface area contributed by atoms with Crippen molar-refractivity contribution in [1.82, 2.24) is 0 Å². The van der Waals surface area contributed by atoms with E-state index in [4.69, 9.17) is 0 Å². The summed E-state index contributed by atoms with van der Waals surface area (Å²) in [5.74, 6) is 0. The number of benzene rings is 1. The molecule has 88 valence electrons. The minimum Gasteiger partial charge on any atom is -0.283 e. The van der Waals surface area contributed by atoms with Crippen molar-refractivity contribution < 1.29 is 13.3 Å². The summed E-state index contributed by atoms with van der Waals surface area (Å²) in [6.07, 6.45) is 0. The van der Waals surface area contributed by atoms with Crippen LogP contribution in [-0.4, -0.2) is 18.0 Å². The first-order valence-corrected chi connectivity index (χ1v) is 7.43. The molecule has 6 nitrogen and oxygen atoms in total. The van der Waals surface area contributed by atoms with Crippen LogP contribution in [0.5, 0.6) is 0 Å². The van der Waals surface area contributed by atoms with Gasteiger partial charge in [-0.25, -0.2) is 8.42 Å². The van der Waals surface area contributed by atoms with Crippen molar-refractivity contribution in [2.45, 2.75) is 0 Å². The van der Waals surface area contributed by atoms with E-state index in [1.807, 2.05) is 0 Å². The molecule has 0 bridgehead atoms. The maximum Gasteiger partial charge on any atom is 0.283 e. The Morgan fingerprint density at radius 2 is 2.06 bits per heavy atom. The second-order valence-electron chi connectivity index (χ2n) is 2.75. The number of rotatable bonds is 4. The number of alkyl halides is 1. The van der Waals surface area contributed by atoms with E-state index in [2.05, 4.69) is 36.6 Å². The molecule has 0 unspecified atom stereocenters. The number of anilines is 1. The predicted molar refractivity (Wildman–Crippen MR) is 67.1 cm³/mol. The Labute approximate surface area is 108 Å². The first kappa shape index (κ1) is 13.4. The van der Waals surface area contributed by atoms with Crippen molar-refractivity contribution in [3.8, 4) is 0 Å². The lowest BCUT2D eigenvalue weighted by Crippen LogP contribution is -2.13. The zero-order chi connectivity index (χ0) is 12.3. The molecular weight excluding hydrogens is 368 g/mol. The average molecular weight is 374 g/mol. The predicted octanol–water partition coefficient (Wildman–Crippen LogP) is 2.45. The molecule has 16 heavy (non-hydrogen) atoms. The van der Waals surface area contributed by atoms with Gasteiger partial charge in [0.05, 0.1) is 15.1 Å². The summed E-state index contributed by atoms with van der Waals surface area (Å²) in [4.78, 5) is 9.94. The van der Waals surface area contributed by atoms with Gasteiger partial charge in [-0.1, -0.05) is 15.9 Å². The highest BCUT2D eigenvalue weighted by atomic mass is 79.9. The number of hydrogen-bond donors (Lipinski definition) is 1. The number of nitrogens with zero attached hydrogens (tertiary/aromatic N) is 1. The number of nitro benzene ring substituents is 1. The molecule has 1 N–H and O–H groups in total. The highest BCUT2D eigenvalue weighted by Gasteiger charge is 2.14. The van der Waals surface area contributed by atoms with Crippen LogP contribution in [0.4, 0.5) is 11.4 Å². The van der Waals surface area contributed by atoms with Crippen LogP contribution < -0.4 is 4.72 Å². The number of hydrogen-bond acceptors (Lipinski definition) is 4. The van der Waals surface area contributed by atoms with Crippen molar-refractivity contribution in [3.63, 3.8) is 0 Å². The Morgan fingerprint density at radius 3 is 2.50 bits per heavy atom. The molecule has 0 atom stereocenters. The van der Waals surface area contributed by atoms with Crippen molar-refractivity contribution >= 4 is 53.3 Å². The van der Waals surface area contributed by atoms with Gasteiger partial charge < -0.3 is 0 Å². The van der Waals surface area contributed by atoms with Gasteiger partial charge in [0.1, 0.15) is 4.66 Å². The molecule has 0 aliphatic rings. The molecule has 0 aliphatic carbocycles. The summed E-state index contributed by atoms with van der Waals surface area (Å²) in [5.41, 5.74) is 0.138. The van der Waals surface area contributed by atoms with Gasteiger partial charge in [0.15, 0.2) is 0 Å². The largest absolute Gasteiger partial charge is 0.283 e. The van der Waals surface area contributed by atoms with Crippen molar-refractivity contribution in [2.75, 3.05) is 9.38 Å². The lowest BCUT2D eigenvalue weighted by Gasteiger charge is -2.05. The number of nitro groups is 1. The third-order valence-corrected chi connectivity index (χ3v) is 4.84. The van der Waals surface area contributed by atoms with Crippen LogP contribution in [-0.2, 0) is 10.0 Å². The van der Waals surface area contributed by atoms with Gasteiger partial charge in [-0.3, -0.25) is 14.8 Å². The van der Waals surface area contributed by atoms with Gasteiger partial charge >= 0.3 is 0 Å². The van der Waals surface area contributed by atoms with Crippen molar-refractivity contribution in [3.05, 3.63) is 32.8 Å². The van der Waals surface area contributed by atoms with Gasteiger partial charge in [-0.15, -0.1) is 0 Å². The van der Waals surface area contributed by atoms with Crippen LogP contribution >= 0.6 is 31.9 Å². The Balaban J connectivity index is 3.03. The van der Waals surface area contributed by atoms with Crippen molar-refractivity contribution in [1.29, 1.82) is 0 Å². The lowest BCUT2D eigenvalue weighted by molar-refractivity contribution is -0.385. The van der Waals surface area contributed by atoms with Gasteiger partial charge in [0.25, 0.3) is 5.69 Å². The molecule has 0 aromatic heterocycles. The third-order valence-electron chi connectivity index (χ3n) is 1.56. The van der Waals surface area contributed by atoms with E-state index in [1.165, 1.54) is 18.2 Å². The van der Waals surface area contributed by atoms with Crippen LogP contribution in [0.2, 0.25) is 0 Å². The van der Waals surface area contributed by atoms with Gasteiger partial charge in [0, 0.05) is 6.07 Å². The zero-order valence-electron chi connectivity index (χ0n) is 7.68. The lowest BCUT2D eigenvalue weighted by atomic mass is 10.3. The van der Waals surface area contributed by atoms with Crippen LogP contribution in [0, 0.1) is 10.1 Å². The van der Waals surface area contributed by atoms with Gasteiger partial charge in [0.2, 0.25) is 10.0 Å². The SMILES string of the molecule is O=[N+]([O-])c1ccc(NS(=O)(=O)CBr)cc1Br. The Bertz CT molecular complexity index is 517. The molecular formula is C7H6Br2N2O4S. The van der Waals surface area contributed by atoms with E-state index in [-0.39, 0.29) is 20.5 Å². The zero-order valence-corrected chi connectivity index (χ0v) is 11.7. The maximum atomic E-state index is 11.2. The van der Waals surface area contributed by atoms with E-state index in [1.54, 1.807) is 0 Å². The highest BCUT2D eigenvalue weighted by Crippen LogP contribution is 2.28. The summed E-state index contributed by atoms with van der Waals surface area (Å²) >= 11 is 5.80. The quantitative estimate of drug-likeness (QED) is 0.498. The van der Waals surface area contributed by atoms with E-state index in [9.17, 15) is 18.5 Å². The number of halogens is 2. The summed E-state index contributed by atoms with van der Waals surface area (Å²) in [7, 11) is -3.45. The van der Waals surface area contributed by atoms with Crippen LogP contribution in [0.3, 0.4) is 0 Å². The second kappa shape index (κ2) is 5.11. The average Bonchev–Trinajstić information content (AvgIpc) is 2.16. The smallest absolute Gasteiger partial charge is 0.283 e. The molecule has 0 amide bonds. The molecule has 0 heterocycles. The topological polar surface area (TPSA) is 89.3 Å². The first-order valence-electron chi connectivity index (χ1n) is 3.86. The fourth-order valence-electron chi connectivity index (χ4n) is 0.925. The molecule has 0 saturated carbocycles. The maximum absolute atomic E-state index is 11.2. The van der Waals surface area contributed by atoms with E-state index in [0.717, 1.165) is 0 Å². The third kappa shape index (κ3) is 3.42. The molecule has 0 saturated heterocycles. The van der Waals surface area contributed by atoms with Gasteiger partial charge in [-0.05, 0) is 28.1 Å². The molecule has 1 rings (SSSR count). The Morgan fingerprint density at radius 1 is 1.44 bits per heavy atom. The van der Waals surface area contributed by atoms with Crippen LogP contribution in [0.1, 0.15) is 0 Å². The van der Waals surface area contributed by atoms with Crippen LogP contribution in [0.15, 0.2) is 22.7 Å². The number of sulfonamides is 1. The molecule has 1 aromatic rings. The summed E-state index contributed by atoms with van der Waals surface area (Å²) in [5, 5.41) is 10.5. The second-order valence-corrected chi connectivity index (χ2v) is 6.63. The van der Waals surface area contributed by atoms with E-state index in [0.29, 0.717) is 0 Å². The molecule has 1 aromatic carbocycles. The van der Waals surface area contributed by atoms with Crippen LogP contribution in [0.25, 0.3) is 0 Å². The summed E-state index contributed by atoms with van der Waals surface area (Å²) in [6, 6.07) is 3.87. The van der Waals surface area contributed by atoms with Crippen molar-refractivity contribution in [2.24, 2.45) is 0 Å². The normalized spacial score (nSPS) is 11.1. The molecule has 0 spiro atoms. The molecule has 0 fully saturated rings. The Hall–Kier alpha value is -0.670. The first-order chi connectivity index (χ1) is 7.35. The fraction of sp³-hybridized carbons (Fsp3) is 0.143. The molecule has 9 heteroatoms. The minimum atomic E-state index is -3.45. The minimum absolute atomic E-state index is 0.123. The number of nitrogens with one attached hydrogen (secondary N) is 1. The standard InChI is InChI=1S/C7H6Br2N2O4S/c8-4-16(14,15)10-5-1-2-7(11(12)13)6(9)3-5/h1-3,10H,4H2. The fourth-order valence-corrected chi connectivity index (χ4v) is 2.33. The summed E-state index contributed by atoms with van der Waals surface area (Å²) < 4.78 is 24.6.